The maximum absolute atomic E-state index is 10.9. The van der Waals surface area contributed by atoms with Crippen LogP contribution >= 0.6 is 11.8 Å². The fourth-order valence-electron chi connectivity index (χ4n) is 1.28. The van der Waals surface area contributed by atoms with Crippen LogP contribution in [0.4, 0.5) is 0 Å². The van der Waals surface area contributed by atoms with Gasteiger partial charge in [-0.25, -0.2) is 0 Å². The van der Waals surface area contributed by atoms with Crippen molar-refractivity contribution in [3.63, 3.8) is 0 Å². The van der Waals surface area contributed by atoms with Gasteiger partial charge in [0.05, 0.1) is 0 Å². The smallest absolute Gasteiger partial charge is 0.220 e. The minimum absolute atomic E-state index is 0.206. The zero-order valence-electron chi connectivity index (χ0n) is 8.08. The Morgan fingerprint density at radius 3 is 3.08 bits per heavy atom. The Hall–Kier alpha value is -0.220. The lowest BCUT2D eigenvalue weighted by atomic mass is 10.2. The van der Waals surface area contributed by atoms with Crippen molar-refractivity contribution in [3.05, 3.63) is 0 Å². The molecule has 1 saturated heterocycles. The Kier molecular flexibility index (Phi) is 4.59. The second-order valence-electron chi connectivity index (χ2n) is 3.68. The first-order chi connectivity index (χ1) is 6.22. The van der Waals surface area contributed by atoms with Crippen LogP contribution in [0.25, 0.3) is 0 Å². The Balaban J connectivity index is 2.03. The summed E-state index contributed by atoms with van der Waals surface area (Å²) in [6.45, 7) is 2.91. The highest BCUT2D eigenvalue weighted by Gasteiger charge is 2.20. The lowest BCUT2D eigenvalue weighted by Crippen LogP contribution is -2.27. The quantitative estimate of drug-likeness (QED) is 0.686. The molecule has 3 nitrogen and oxygen atoms in total. The molecule has 0 spiro atoms. The molecule has 0 radical (unpaired) electrons. The molecule has 0 aliphatic carbocycles. The topological polar surface area (TPSA) is 55.1 Å². The Morgan fingerprint density at radius 1 is 1.77 bits per heavy atom. The van der Waals surface area contributed by atoms with Gasteiger partial charge in [0.1, 0.15) is 0 Å². The molecular formula is C9H18N2OS. The Labute approximate surface area is 83.8 Å². The number of thioether (sulfide) groups is 1. The highest BCUT2D eigenvalue weighted by molar-refractivity contribution is 7.99. The SMILES string of the molecule is CC(CN)CSCC1CCC(=O)N1. The summed E-state index contributed by atoms with van der Waals surface area (Å²) in [5, 5.41) is 2.95. The van der Waals surface area contributed by atoms with Gasteiger partial charge in [0, 0.05) is 18.2 Å². The van der Waals surface area contributed by atoms with Gasteiger partial charge in [0.25, 0.3) is 0 Å². The predicted octanol–water partition coefficient (Wildman–Crippen LogP) is 0.593. The maximum Gasteiger partial charge on any atom is 0.220 e. The summed E-state index contributed by atoms with van der Waals surface area (Å²) >= 11 is 1.89. The van der Waals surface area contributed by atoms with Crippen molar-refractivity contribution in [2.24, 2.45) is 11.7 Å². The van der Waals surface area contributed by atoms with E-state index in [9.17, 15) is 4.79 Å². The minimum atomic E-state index is 0.206. The minimum Gasteiger partial charge on any atom is -0.353 e. The van der Waals surface area contributed by atoms with Gasteiger partial charge >= 0.3 is 0 Å². The number of nitrogens with one attached hydrogen (secondary N) is 1. The van der Waals surface area contributed by atoms with Crippen molar-refractivity contribution in [2.75, 3.05) is 18.1 Å². The van der Waals surface area contributed by atoms with Crippen molar-refractivity contribution < 1.29 is 4.79 Å². The fourth-order valence-corrected chi connectivity index (χ4v) is 2.49. The summed E-state index contributed by atoms with van der Waals surface area (Å²) < 4.78 is 0. The predicted molar refractivity (Wildman–Crippen MR) is 56.7 cm³/mol. The van der Waals surface area contributed by atoms with Gasteiger partial charge in [0.15, 0.2) is 0 Å². The molecule has 2 atom stereocenters. The van der Waals surface area contributed by atoms with Crippen LogP contribution in [0.2, 0.25) is 0 Å². The van der Waals surface area contributed by atoms with Crippen molar-refractivity contribution >= 4 is 17.7 Å². The Bertz CT molecular complexity index is 175. The summed E-state index contributed by atoms with van der Waals surface area (Å²) in [6.07, 6.45) is 1.71. The van der Waals surface area contributed by atoms with Crippen LogP contribution in [0.3, 0.4) is 0 Å². The monoisotopic (exact) mass is 202 g/mol. The van der Waals surface area contributed by atoms with Crippen LogP contribution in [-0.4, -0.2) is 30.0 Å². The standard InChI is InChI=1S/C9H18N2OS/c1-7(4-10)5-13-6-8-2-3-9(12)11-8/h7-8H,2-6,10H2,1H3,(H,11,12). The van der Waals surface area contributed by atoms with Crippen molar-refractivity contribution in [3.8, 4) is 0 Å². The van der Waals surface area contributed by atoms with E-state index in [2.05, 4.69) is 12.2 Å². The van der Waals surface area contributed by atoms with Crippen LogP contribution in [0, 0.1) is 5.92 Å². The van der Waals surface area contributed by atoms with Crippen LogP contribution in [0.5, 0.6) is 0 Å². The van der Waals surface area contributed by atoms with E-state index in [0.717, 1.165) is 24.5 Å². The van der Waals surface area contributed by atoms with Crippen LogP contribution in [0.1, 0.15) is 19.8 Å². The number of hydrogen-bond acceptors (Lipinski definition) is 3. The van der Waals surface area contributed by atoms with E-state index < -0.39 is 0 Å². The zero-order valence-corrected chi connectivity index (χ0v) is 8.90. The summed E-state index contributed by atoms with van der Waals surface area (Å²) in [4.78, 5) is 10.9. The number of amides is 1. The first-order valence-electron chi connectivity index (χ1n) is 4.79. The molecule has 0 aromatic heterocycles. The summed E-state index contributed by atoms with van der Waals surface area (Å²) in [5.41, 5.74) is 5.51. The third-order valence-corrected chi connectivity index (χ3v) is 3.65. The van der Waals surface area contributed by atoms with E-state index in [0.29, 0.717) is 18.4 Å². The zero-order chi connectivity index (χ0) is 9.68. The average Bonchev–Trinajstić information content (AvgIpc) is 2.51. The fraction of sp³-hybridized carbons (Fsp3) is 0.889. The van der Waals surface area contributed by atoms with Gasteiger partial charge in [-0.3, -0.25) is 4.79 Å². The molecule has 1 amide bonds. The number of carbonyl (C=O) groups is 1. The summed E-state index contributed by atoms with van der Waals surface area (Å²) in [7, 11) is 0. The molecule has 0 bridgehead atoms. The molecule has 3 N–H and O–H groups in total. The van der Waals surface area contributed by atoms with Crippen molar-refractivity contribution in [1.29, 1.82) is 0 Å². The summed E-state index contributed by atoms with van der Waals surface area (Å²) in [5.74, 6) is 2.93. The Morgan fingerprint density at radius 2 is 2.54 bits per heavy atom. The second-order valence-corrected chi connectivity index (χ2v) is 4.76. The molecule has 1 fully saturated rings. The molecule has 0 saturated carbocycles. The largest absolute Gasteiger partial charge is 0.353 e. The van der Waals surface area contributed by atoms with Gasteiger partial charge in [0.2, 0.25) is 5.91 Å². The van der Waals surface area contributed by atoms with Gasteiger partial charge in [-0.15, -0.1) is 0 Å². The van der Waals surface area contributed by atoms with Gasteiger partial charge in [-0.05, 0) is 24.6 Å². The average molecular weight is 202 g/mol. The van der Waals surface area contributed by atoms with E-state index >= 15 is 0 Å². The molecule has 1 rings (SSSR count). The van der Waals surface area contributed by atoms with E-state index in [4.69, 9.17) is 5.73 Å². The first-order valence-corrected chi connectivity index (χ1v) is 5.95. The molecule has 2 unspecified atom stereocenters. The van der Waals surface area contributed by atoms with Crippen molar-refractivity contribution in [2.45, 2.75) is 25.8 Å². The van der Waals surface area contributed by atoms with Crippen LogP contribution < -0.4 is 11.1 Å². The molecule has 0 aromatic rings. The molecule has 0 aromatic carbocycles. The number of rotatable bonds is 5. The molecule has 4 heteroatoms. The molecule has 76 valence electrons. The first kappa shape index (κ1) is 10.9. The molecular weight excluding hydrogens is 184 g/mol. The number of nitrogens with two attached hydrogens (primary N) is 1. The molecule has 1 aliphatic rings. The third kappa shape index (κ3) is 4.00. The normalized spacial score (nSPS) is 24.5. The van der Waals surface area contributed by atoms with Gasteiger partial charge in [-0.2, -0.15) is 11.8 Å². The van der Waals surface area contributed by atoms with Crippen molar-refractivity contribution in [1.82, 2.24) is 5.32 Å². The van der Waals surface area contributed by atoms with Crippen LogP contribution in [0.15, 0.2) is 0 Å². The van der Waals surface area contributed by atoms with Gasteiger partial charge in [-0.1, -0.05) is 6.92 Å². The lowest BCUT2D eigenvalue weighted by Gasteiger charge is -2.11. The highest BCUT2D eigenvalue weighted by atomic mass is 32.2. The molecule has 13 heavy (non-hydrogen) atoms. The van der Waals surface area contributed by atoms with Gasteiger partial charge < -0.3 is 11.1 Å². The molecule has 1 aliphatic heterocycles. The van der Waals surface area contributed by atoms with E-state index in [-0.39, 0.29) is 5.91 Å². The van der Waals surface area contributed by atoms with E-state index in [1.807, 2.05) is 11.8 Å². The third-order valence-electron chi connectivity index (χ3n) is 2.21. The number of carbonyl (C=O) groups excluding carboxylic acids is 1. The summed E-state index contributed by atoms with van der Waals surface area (Å²) in [6, 6.07) is 0.405. The second kappa shape index (κ2) is 5.50. The maximum atomic E-state index is 10.9. The van der Waals surface area contributed by atoms with E-state index in [1.54, 1.807) is 0 Å². The number of hydrogen-bond donors (Lipinski definition) is 2. The van der Waals surface area contributed by atoms with Crippen LogP contribution in [-0.2, 0) is 4.79 Å². The lowest BCUT2D eigenvalue weighted by molar-refractivity contribution is -0.119. The highest BCUT2D eigenvalue weighted by Crippen LogP contribution is 2.14. The molecule has 1 heterocycles. The van der Waals surface area contributed by atoms with E-state index in [1.165, 1.54) is 0 Å².